The Morgan fingerprint density at radius 3 is 2.60 bits per heavy atom. The van der Waals surface area contributed by atoms with E-state index in [2.05, 4.69) is 25.5 Å². The molecule has 2 unspecified atom stereocenters. The average Bonchev–Trinajstić information content (AvgIpc) is 3.65. The maximum absolute atomic E-state index is 13.9. The molecule has 2 fully saturated rings. The molecule has 2 aliphatic rings. The molecule has 0 spiro atoms. The van der Waals surface area contributed by atoms with Crippen LogP contribution in [0.4, 0.5) is 10.2 Å². The number of halogens is 1. The molecule has 12 nitrogen and oxygen atoms in total. The normalized spacial score (nSPS) is 20.9. The Labute approximate surface area is 227 Å². The number of H-pyrrole nitrogens is 1. The monoisotopic (exact) mass is 561 g/mol. The molecule has 7 rings (SSSR count). The molecule has 2 aliphatic heterocycles. The van der Waals surface area contributed by atoms with Crippen LogP contribution in [0.15, 0.2) is 47.8 Å². The number of aromatic amines is 1. The van der Waals surface area contributed by atoms with E-state index in [9.17, 15) is 17.6 Å². The Kier molecular flexibility index (Phi) is 5.39. The number of nitrogens with zero attached hydrogens (tertiary/aromatic N) is 7. The molecule has 2 bridgehead atoms. The van der Waals surface area contributed by atoms with E-state index in [1.807, 2.05) is 4.90 Å². The Morgan fingerprint density at radius 1 is 1.12 bits per heavy atom. The molecule has 1 amide bonds. The van der Waals surface area contributed by atoms with Crippen LogP contribution in [0.1, 0.15) is 47.8 Å². The van der Waals surface area contributed by atoms with Crippen molar-refractivity contribution in [1.29, 1.82) is 0 Å². The van der Waals surface area contributed by atoms with Gasteiger partial charge < -0.3 is 10.6 Å². The summed E-state index contributed by atoms with van der Waals surface area (Å²) in [7, 11) is -3.78. The molecule has 0 saturated carbocycles. The van der Waals surface area contributed by atoms with Crippen LogP contribution in [0.25, 0.3) is 27.7 Å². The number of fused-ring (bicyclic) bond motifs is 4. The van der Waals surface area contributed by atoms with Gasteiger partial charge in [-0.3, -0.25) is 9.78 Å². The summed E-state index contributed by atoms with van der Waals surface area (Å²) >= 11 is 0. The van der Waals surface area contributed by atoms with Crippen molar-refractivity contribution in [2.24, 2.45) is 0 Å². The summed E-state index contributed by atoms with van der Waals surface area (Å²) in [6.45, 7) is 0. The number of nitrogens with two attached hydrogens (primary N) is 1. The molecular weight excluding hydrogens is 537 g/mol. The SMILES string of the molecule is CS(=O)(=O)c1c(C2CC3CC[C@H](C2)N3C(=O)c2cn[nH]n2)nc2c(-c3cnc4ccc(F)cc4c3)cnn2c1N. The quantitative estimate of drug-likeness (QED) is 0.335. The number of sulfone groups is 1. The van der Waals surface area contributed by atoms with Crippen molar-refractivity contribution in [2.45, 2.75) is 48.6 Å². The standard InChI is InChI=1S/C26H24FN9O3S/c1-40(38,39)23-22(14-8-17-3-4-18(9-14)35(17)26(37)21-12-30-34-33-21)32-25-19(11-31-36(25)24(23)28)15-6-13-7-16(27)2-5-20(13)29-10-15/h2,5-7,10-12,14,17-18H,3-4,8-9,28H2,1H3,(H,30,33,34)/t14?,17-,18?/m1/s1. The minimum absolute atomic E-state index is 0.0259. The van der Waals surface area contributed by atoms with Crippen molar-refractivity contribution in [2.75, 3.05) is 12.0 Å². The first kappa shape index (κ1) is 24.6. The fraction of sp³-hybridized carbons (Fsp3) is 0.308. The van der Waals surface area contributed by atoms with E-state index in [1.165, 1.54) is 22.8 Å². The van der Waals surface area contributed by atoms with Crippen LogP contribution in [0.2, 0.25) is 0 Å². The highest BCUT2D eigenvalue weighted by molar-refractivity contribution is 7.91. The number of benzene rings is 1. The number of hydrogen-bond donors (Lipinski definition) is 2. The van der Waals surface area contributed by atoms with Crippen molar-refractivity contribution in [1.82, 2.24) is 39.9 Å². The largest absolute Gasteiger partial charge is 0.382 e. The van der Waals surface area contributed by atoms with Gasteiger partial charge in [0.15, 0.2) is 21.2 Å². The number of amides is 1. The smallest absolute Gasteiger partial charge is 0.276 e. The Balaban J connectivity index is 1.34. The number of hydrogen-bond acceptors (Lipinski definition) is 9. The summed E-state index contributed by atoms with van der Waals surface area (Å²) in [5, 5.41) is 15.1. The summed E-state index contributed by atoms with van der Waals surface area (Å²) in [4.78, 5) is 24.3. The fourth-order valence-electron chi connectivity index (χ4n) is 6.30. The van der Waals surface area contributed by atoms with E-state index in [0.717, 1.165) is 19.1 Å². The van der Waals surface area contributed by atoms with E-state index >= 15 is 0 Å². The summed E-state index contributed by atoms with van der Waals surface area (Å²) in [6, 6.07) is 5.95. The highest BCUT2D eigenvalue weighted by Gasteiger charge is 2.46. The molecule has 0 aliphatic carbocycles. The summed E-state index contributed by atoms with van der Waals surface area (Å²) < 4.78 is 41.3. The number of piperidine rings is 1. The molecule has 3 N–H and O–H groups in total. The highest BCUT2D eigenvalue weighted by Crippen LogP contribution is 2.45. The second-order valence-electron chi connectivity index (χ2n) is 10.5. The predicted octanol–water partition coefficient (Wildman–Crippen LogP) is 2.74. The minimum atomic E-state index is -3.78. The molecule has 204 valence electrons. The maximum Gasteiger partial charge on any atom is 0.276 e. The number of anilines is 1. The van der Waals surface area contributed by atoms with Crippen molar-refractivity contribution in [3.63, 3.8) is 0 Å². The van der Waals surface area contributed by atoms with Gasteiger partial charge in [-0.2, -0.15) is 25.0 Å². The summed E-state index contributed by atoms with van der Waals surface area (Å²) in [6.07, 6.45) is 8.38. The zero-order chi connectivity index (χ0) is 27.8. The number of carbonyl (C=O) groups is 1. The molecule has 3 atom stereocenters. The van der Waals surface area contributed by atoms with Gasteiger partial charge in [0.05, 0.1) is 23.6 Å². The minimum Gasteiger partial charge on any atom is -0.382 e. The van der Waals surface area contributed by atoms with E-state index < -0.39 is 9.84 Å². The molecular formula is C26H24FN9O3S. The number of aromatic nitrogens is 7. The molecule has 1 aromatic carbocycles. The Bertz CT molecular complexity index is 1910. The average molecular weight is 562 g/mol. The van der Waals surface area contributed by atoms with Gasteiger partial charge in [0.25, 0.3) is 5.91 Å². The van der Waals surface area contributed by atoms with Gasteiger partial charge in [0.2, 0.25) is 0 Å². The van der Waals surface area contributed by atoms with E-state index in [4.69, 9.17) is 10.7 Å². The third kappa shape index (κ3) is 3.81. The topological polar surface area (TPSA) is 165 Å². The van der Waals surface area contributed by atoms with Crippen LogP contribution >= 0.6 is 0 Å². The third-order valence-corrected chi connectivity index (χ3v) is 9.14. The van der Waals surface area contributed by atoms with Gasteiger partial charge in [0.1, 0.15) is 16.5 Å². The highest BCUT2D eigenvalue weighted by atomic mass is 32.2. The van der Waals surface area contributed by atoms with Gasteiger partial charge in [-0.15, -0.1) is 0 Å². The van der Waals surface area contributed by atoms with Crippen molar-refractivity contribution in [3.8, 4) is 11.1 Å². The van der Waals surface area contributed by atoms with Crippen molar-refractivity contribution >= 4 is 38.1 Å². The van der Waals surface area contributed by atoms with Gasteiger partial charge in [-0.05, 0) is 49.9 Å². The van der Waals surface area contributed by atoms with Crippen LogP contribution < -0.4 is 5.73 Å². The molecule has 6 heterocycles. The van der Waals surface area contributed by atoms with Crippen LogP contribution in [-0.2, 0) is 9.84 Å². The fourth-order valence-corrected chi connectivity index (χ4v) is 7.36. The number of nitrogens with one attached hydrogen (secondary N) is 1. The van der Waals surface area contributed by atoms with E-state index in [1.54, 1.807) is 24.5 Å². The first-order chi connectivity index (χ1) is 19.2. The van der Waals surface area contributed by atoms with Gasteiger partial charge in [-0.25, -0.2) is 17.8 Å². The molecule has 40 heavy (non-hydrogen) atoms. The molecule has 14 heteroatoms. The zero-order valence-corrected chi connectivity index (χ0v) is 22.1. The molecule has 4 aromatic heterocycles. The molecule has 5 aromatic rings. The van der Waals surface area contributed by atoms with Gasteiger partial charge in [-0.1, -0.05) is 0 Å². The van der Waals surface area contributed by atoms with E-state index in [0.29, 0.717) is 46.2 Å². The second kappa shape index (κ2) is 8.78. The number of carbonyl (C=O) groups excluding carboxylic acids is 1. The van der Waals surface area contributed by atoms with Crippen LogP contribution in [0.3, 0.4) is 0 Å². The third-order valence-electron chi connectivity index (χ3n) is 7.98. The Morgan fingerprint density at radius 2 is 1.90 bits per heavy atom. The van der Waals surface area contributed by atoms with Crippen LogP contribution in [0, 0.1) is 5.82 Å². The first-order valence-corrected chi connectivity index (χ1v) is 14.7. The van der Waals surface area contributed by atoms with Crippen molar-refractivity contribution in [3.05, 3.63) is 60.1 Å². The number of nitrogen functional groups attached to an aromatic ring is 1. The number of pyridine rings is 1. The Hall–Kier alpha value is -4.46. The summed E-state index contributed by atoms with van der Waals surface area (Å²) in [5.74, 6) is -0.842. The van der Waals surface area contributed by atoms with Crippen LogP contribution in [0.5, 0.6) is 0 Å². The lowest BCUT2D eigenvalue weighted by atomic mass is 9.87. The molecule has 0 radical (unpaired) electrons. The van der Waals surface area contributed by atoms with Crippen LogP contribution in [-0.4, -0.2) is 72.6 Å². The maximum atomic E-state index is 13.9. The first-order valence-electron chi connectivity index (χ1n) is 12.8. The van der Waals surface area contributed by atoms with Gasteiger partial charge >= 0.3 is 0 Å². The number of rotatable bonds is 4. The lowest BCUT2D eigenvalue weighted by Crippen LogP contribution is -2.46. The zero-order valence-electron chi connectivity index (χ0n) is 21.3. The lowest BCUT2D eigenvalue weighted by Gasteiger charge is -2.38. The predicted molar refractivity (Wildman–Crippen MR) is 143 cm³/mol. The van der Waals surface area contributed by atoms with Gasteiger partial charge in [0, 0.05) is 47.0 Å². The summed E-state index contributed by atoms with van der Waals surface area (Å²) in [5.41, 5.74) is 9.35. The second-order valence-corrected chi connectivity index (χ2v) is 12.4. The lowest BCUT2D eigenvalue weighted by molar-refractivity contribution is 0.0562. The molecule has 2 saturated heterocycles. The van der Waals surface area contributed by atoms with Crippen molar-refractivity contribution < 1.29 is 17.6 Å². The van der Waals surface area contributed by atoms with E-state index in [-0.39, 0.29) is 46.1 Å².